The Labute approximate surface area is 76.7 Å². The molecule has 0 bridgehead atoms. The number of hydrogen-bond acceptors (Lipinski definition) is 2. The molecular formula is C10H23NO. The van der Waals surface area contributed by atoms with E-state index >= 15 is 0 Å². The topological polar surface area (TPSA) is 21.3 Å². The van der Waals surface area contributed by atoms with Crippen LogP contribution in [0, 0.1) is 0 Å². The molecule has 0 rings (SSSR count). The van der Waals surface area contributed by atoms with Gasteiger partial charge < -0.3 is 10.1 Å². The number of unbranched alkanes of at least 4 members (excludes halogenated alkanes) is 1. The van der Waals surface area contributed by atoms with Gasteiger partial charge in [-0.05, 0) is 26.3 Å². The van der Waals surface area contributed by atoms with Crippen LogP contribution in [-0.2, 0) is 4.74 Å². The summed E-state index contributed by atoms with van der Waals surface area (Å²) in [5, 5.41) is 3.40. The molecule has 0 spiro atoms. The zero-order chi connectivity index (χ0) is 9.23. The van der Waals surface area contributed by atoms with Crippen LogP contribution in [0.1, 0.15) is 40.0 Å². The molecule has 0 aliphatic carbocycles. The minimum Gasteiger partial charge on any atom is -0.377 e. The lowest BCUT2D eigenvalue weighted by molar-refractivity contribution is 0.0603. The van der Waals surface area contributed by atoms with Gasteiger partial charge in [0.05, 0.1) is 6.10 Å². The third-order valence-corrected chi connectivity index (χ3v) is 1.94. The molecule has 0 aromatic carbocycles. The third kappa shape index (κ3) is 6.62. The van der Waals surface area contributed by atoms with Crippen molar-refractivity contribution in [1.82, 2.24) is 5.32 Å². The maximum absolute atomic E-state index is 5.51. The first kappa shape index (κ1) is 11.9. The minimum absolute atomic E-state index is 0.409. The van der Waals surface area contributed by atoms with Crippen molar-refractivity contribution in [2.45, 2.75) is 46.1 Å². The van der Waals surface area contributed by atoms with Crippen molar-refractivity contribution >= 4 is 0 Å². The van der Waals surface area contributed by atoms with Crippen LogP contribution in [0.2, 0.25) is 0 Å². The summed E-state index contributed by atoms with van der Waals surface area (Å²) in [6.07, 6.45) is 4.04. The van der Waals surface area contributed by atoms with Crippen LogP contribution in [0.3, 0.4) is 0 Å². The van der Waals surface area contributed by atoms with Crippen LogP contribution in [0.4, 0.5) is 0 Å². The van der Waals surface area contributed by atoms with E-state index in [9.17, 15) is 0 Å². The fraction of sp³-hybridized carbons (Fsp3) is 1.00. The lowest BCUT2D eigenvalue weighted by Gasteiger charge is -2.15. The Morgan fingerprint density at radius 3 is 2.50 bits per heavy atom. The Balaban J connectivity index is 3.19. The first-order chi connectivity index (χ1) is 5.85. The Hall–Kier alpha value is -0.0800. The highest BCUT2D eigenvalue weighted by atomic mass is 16.5. The van der Waals surface area contributed by atoms with Gasteiger partial charge in [0.1, 0.15) is 0 Å². The molecule has 0 saturated carbocycles. The third-order valence-electron chi connectivity index (χ3n) is 1.94. The molecule has 1 atom stereocenters. The van der Waals surface area contributed by atoms with Crippen LogP contribution >= 0.6 is 0 Å². The van der Waals surface area contributed by atoms with Gasteiger partial charge in [-0.15, -0.1) is 0 Å². The highest BCUT2D eigenvalue weighted by Crippen LogP contribution is 1.95. The van der Waals surface area contributed by atoms with Crippen molar-refractivity contribution in [2.24, 2.45) is 0 Å². The van der Waals surface area contributed by atoms with Crippen LogP contribution in [0.5, 0.6) is 0 Å². The number of ether oxygens (including phenoxy) is 1. The first-order valence-electron chi connectivity index (χ1n) is 5.17. The zero-order valence-electron chi connectivity index (χ0n) is 8.73. The van der Waals surface area contributed by atoms with Gasteiger partial charge in [0.25, 0.3) is 0 Å². The van der Waals surface area contributed by atoms with Crippen molar-refractivity contribution < 1.29 is 4.74 Å². The van der Waals surface area contributed by atoms with Gasteiger partial charge in [0, 0.05) is 13.2 Å². The van der Waals surface area contributed by atoms with Gasteiger partial charge in [0.2, 0.25) is 0 Å². The van der Waals surface area contributed by atoms with Gasteiger partial charge in [-0.1, -0.05) is 20.3 Å². The Kier molecular flexibility index (Phi) is 8.95. The fourth-order valence-corrected chi connectivity index (χ4v) is 1.12. The van der Waals surface area contributed by atoms with E-state index in [2.05, 4.69) is 26.1 Å². The van der Waals surface area contributed by atoms with Gasteiger partial charge in [-0.3, -0.25) is 0 Å². The second kappa shape index (κ2) is 9.01. The molecule has 1 N–H and O–H groups in total. The first-order valence-corrected chi connectivity index (χ1v) is 5.17. The summed E-state index contributed by atoms with van der Waals surface area (Å²) >= 11 is 0. The maximum atomic E-state index is 5.51. The van der Waals surface area contributed by atoms with E-state index in [-0.39, 0.29) is 0 Å². The summed E-state index contributed by atoms with van der Waals surface area (Å²) in [6, 6.07) is 0. The van der Waals surface area contributed by atoms with E-state index < -0.39 is 0 Å². The van der Waals surface area contributed by atoms with Crippen molar-refractivity contribution in [3.63, 3.8) is 0 Å². The maximum Gasteiger partial charge on any atom is 0.0696 e. The fourth-order valence-electron chi connectivity index (χ4n) is 1.12. The average Bonchev–Trinajstić information content (AvgIpc) is 2.10. The molecular weight excluding hydrogens is 150 g/mol. The predicted octanol–water partition coefficient (Wildman–Crippen LogP) is 2.19. The summed E-state index contributed by atoms with van der Waals surface area (Å²) in [6.45, 7) is 9.39. The largest absolute Gasteiger partial charge is 0.377 e. The average molecular weight is 173 g/mol. The lowest BCUT2D eigenvalue weighted by Crippen LogP contribution is -2.29. The molecule has 1 unspecified atom stereocenters. The second-order valence-corrected chi connectivity index (χ2v) is 3.04. The minimum atomic E-state index is 0.409. The second-order valence-electron chi connectivity index (χ2n) is 3.04. The van der Waals surface area contributed by atoms with E-state index in [1.807, 2.05) is 0 Å². The molecule has 0 aromatic rings. The molecule has 2 nitrogen and oxygen atoms in total. The summed E-state index contributed by atoms with van der Waals surface area (Å²) in [5.41, 5.74) is 0. The summed E-state index contributed by atoms with van der Waals surface area (Å²) in [7, 11) is 0. The predicted molar refractivity (Wildman–Crippen MR) is 53.5 cm³/mol. The normalized spacial score (nSPS) is 13.2. The molecule has 2 heteroatoms. The molecule has 0 fully saturated rings. The Morgan fingerprint density at radius 1 is 1.25 bits per heavy atom. The molecule has 0 radical (unpaired) electrons. The van der Waals surface area contributed by atoms with Gasteiger partial charge >= 0.3 is 0 Å². The highest BCUT2D eigenvalue weighted by Gasteiger charge is 2.03. The summed E-state index contributed by atoms with van der Waals surface area (Å²) in [5.74, 6) is 0. The lowest BCUT2D eigenvalue weighted by atomic mass is 10.2. The molecule has 0 heterocycles. The summed E-state index contributed by atoms with van der Waals surface area (Å²) in [4.78, 5) is 0. The van der Waals surface area contributed by atoms with E-state index in [1.165, 1.54) is 12.8 Å². The smallest absolute Gasteiger partial charge is 0.0696 e. The number of nitrogens with one attached hydrogen (secondary N) is 1. The Morgan fingerprint density at radius 2 is 2.00 bits per heavy atom. The number of hydrogen-bond donors (Lipinski definition) is 1. The molecule has 0 aliphatic heterocycles. The zero-order valence-corrected chi connectivity index (χ0v) is 8.73. The van der Waals surface area contributed by atoms with Crippen molar-refractivity contribution in [1.29, 1.82) is 0 Å². The van der Waals surface area contributed by atoms with Crippen LogP contribution < -0.4 is 5.32 Å². The van der Waals surface area contributed by atoms with E-state index in [0.717, 1.165) is 26.1 Å². The Bertz CT molecular complexity index is 85.9. The van der Waals surface area contributed by atoms with Gasteiger partial charge in [-0.25, -0.2) is 0 Å². The van der Waals surface area contributed by atoms with Crippen LogP contribution in [0.15, 0.2) is 0 Å². The van der Waals surface area contributed by atoms with Crippen molar-refractivity contribution in [3.05, 3.63) is 0 Å². The van der Waals surface area contributed by atoms with E-state index in [0.29, 0.717) is 6.10 Å². The number of rotatable bonds is 8. The van der Waals surface area contributed by atoms with Crippen molar-refractivity contribution in [3.8, 4) is 0 Å². The molecule has 0 amide bonds. The molecule has 0 aromatic heterocycles. The van der Waals surface area contributed by atoms with E-state index in [1.54, 1.807) is 0 Å². The molecule has 0 aliphatic rings. The van der Waals surface area contributed by atoms with Crippen LogP contribution in [-0.4, -0.2) is 25.8 Å². The van der Waals surface area contributed by atoms with Crippen molar-refractivity contribution in [2.75, 3.05) is 19.7 Å². The van der Waals surface area contributed by atoms with Gasteiger partial charge in [-0.2, -0.15) is 0 Å². The van der Waals surface area contributed by atoms with Crippen LogP contribution in [0.25, 0.3) is 0 Å². The quantitative estimate of drug-likeness (QED) is 0.568. The molecule has 12 heavy (non-hydrogen) atoms. The molecule has 0 saturated heterocycles. The monoisotopic (exact) mass is 173 g/mol. The van der Waals surface area contributed by atoms with Gasteiger partial charge in [0.15, 0.2) is 0 Å². The highest BCUT2D eigenvalue weighted by molar-refractivity contribution is 4.58. The summed E-state index contributed by atoms with van der Waals surface area (Å²) < 4.78 is 5.51. The standard InChI is InChI=1S/C10H23NO/c1-4-7-8-11-9-10(5-2)12-6-3/h10-11H,4-9H2,1-3H3. The molecule has 74 valence electrons. The SMILES string of the molecule is CCCCNCC(CC)OCC. The van der Waals surface area contributed by atoms with E-state index in [4.69, 9.17) is 4.74 Å².